The van der Waals surface area contributed by atoms with E-state index in [2.05, 4.69) is 4.98 Å². The van der Waals surface area contributed by atoms with Crippen molar-refractivity contribution in [2.75, 3.05) is 0 Å². The molecule has 9 heteroatoms. The number of hydrogen-bond donors (Lipinski definition) is 3. The van der Waals surface area contributed by atoms with Gasteiger partial charge in [-0.05, 0) is 13.0 Å². The molecule has 5 atom stereocenters. The Balaban J connectivity index is 2.17. The normalized spacial score (nSPS) is 33.8. The van der Waals surface area contributed by atoms with Crippen LogP contribution in [0.2, 0.25) is 0 Å². The fraction of sp³-hybridized carbons (Fsp3) is 0.583. The van der Waals surface area contributed by atoms with Crippen LogP contribution in [0.25, 0.3) is 0 Å². The summed E-state index contributed by atoms with van der Waals surface area (Å²) in [6, 6.07) is 3.10. The maximum absolute atomic E-state index is 12.6. The predicted octanol–water partition coefficient (Wildman–Crippen LogP) is 0.273. The highest BCUT2D eigenvalue weighted by Crippen LogP contribution is 2.29. The number of halogens is 3. The lowest BCUT2D eigenvalue weighted by molar-refractivity contribution is -0.208. The molecule has 6 nitrogen and oxygen atoms in total. The van der Waals surface area contributed by atoms with Crippen molar-refractivity contribution in [3.63, 3.8) is 0 Å². The van der Waals surface area contributed by atoms with E-state index in [1.807, 2.05) is 0 Å². The molecule has 0 radical (unpaired) electrons. The number of rotatable bonds is 2. The smallest absolute Gasteiger partial charge is 0.433 e. The first-order valence-electron chi connectivity index (χ1n) is 6.18. The summed E-state index contributed by atoms with van der Waals surface area (Å²) < 4.78 is 48.0. The van der Waals surface area contributed by atoms with E-state index in [0.717, 1.165) is 12.1 Å². The SMILES string of the molecule is C[C@H]1O[C@@H](N)[C@H](Oc2cccc(C(F)(F)F)n2)[C@@H](O)[C@H]1O. The fourth-order valence-electron chi connectivity index (χ4n) is 1.99. The number of nitrogens with zero attached hydrogens (tertiary/aromatic N) is 1. The van der Waals surface area contributed by atoms with Gasteiger partial charge in [0.1, 0.15) is 24.1 Å². The monoisotopic (exact) mass is 308 g/mol. The first kappa shape index (κ1) is 16.0. The Bertz CT molecular complexity index is 500. The minimum absolute atomic E-state index is 0.366. The minimum atomic E-state index is -4.61. The Hall–Kier alpha value is -1.42. The topological polar surface area (TPSA) is 97.8 Å². The molecule has 0 aliphatic carbocycles. The Labute approximate surface area is 118 Å². The fourth-order valence-corrected chi connectivity index (χ4v) is 1.99. The van der Waals surface area contributed by atoms with Crippen LogP contribution in [0.3, 0.4) is 0 Å². The molecule has 0 aromatic carbocycles. The highest BCUT2D eigenvalue weighted by Gasteiger charge is 2.43. The Morgan fingerprint density at radius 2 is 1.95 bits per heavy atom. The van der Waals surface area contributed by atoms with Gasteiger partial charge in [0.25, 0.3) is 0 Å². The zero-order chi connectivity index (χ0) is 15.8. The van der Waals surface area contributed by atoms with Gasteiger partial charge in [-0.2, -0.15) is 13.2 Å². The van der Waals surface area contributed by atoms with Gasteiger partial charge in [-0.15, -0.1) is 0 Å². The number of aliphatic hydroxyl groups is 2. The second kappa shape index (κ2) is 5.76. The third-order valence-corrected chi connectivity index (χ3v) is 3.13. The lowest BCUT2D eigenvalue weighted by Gasteiger charge is -2.39. The average Bonchev–Trinajstić information content (AvgIpc) is 2.41. The molecule has 0 unspecified atom stereocenters. The zero-order valence-corrected chi connectivity index (χ0v) is 11.0. The molecule has 2 rings (SSSR count). The van der Waals surface area contributed by atoms with Crippen LogP contribution in [0.15, 0.2) is 18.2 Å². The van der Waals surface area contributed by atoms with Crippen molar-refractivity contribution in [3.05, 3.63) is 23.9 Å². The van der Waals surface area contributed by atoms with E-state index in [4.69, 9.17) is 15.2 Å². The maximum atomic E-state index is 12.6. The quantitative estimate of drug-likeness (QED) is 0.726. The van der Waals surface area contributed by atoms with Gasteiger partial charge in [-0.25, -0.2) is 4.98 Å². The van der Waals surface area contributed by atoms with Crippen LogP contribution in [-0.2, 0) is 10.9 Å². The van der Waals surface area contributed by atoms with Crippen molar-refractivity contribution in [3.8, 4) is 5.88 Å². The molecule has 118 valence electrons. The van der Waals surface area contributed by atoms with Gasteiger partial charge in [-0.1, -0.05) is 6.07 Å². The summed E-state index contributed by atoms with van der Waals surface area (Å²) in [7, 11) is 0. The van der Waals surface area contributed by atoms with Crippen molar-refractivity contribution in [1.82, 2.24) is 4.98 Å². The van der Waals surface area contributed by atoms with Crippen molar-refractivity contribution >= 4 is 0 Å². The van der Waals surface area contributed by atoms with E-state index in [1.165, 1.54) is 13.0 Å². The lowest BCUT2D eigenvalue weighted by atomic mass is 9.99. The molecule has 0 amide bonds. The highest BCUT2D eigenvalue weighted by atomic mass is 19.4. The van der Waals surface area contributed by atoms with Crippen molar-refractivity contribution in [2.45, 2.75) is 43.7 Å². The minimum Gasteiger partial charge on any atom is -0.467 e. The third-order valence-electron chi connectivity index (χ3n) is 3.13. The van der Waals surface area contributed by atoms with E-state index in [1.54, 1.807) is 0 Å². The number of aliphatic hydroxyl groups excluding tert-OH is 2. The molecule has 1 saturated heterocycles. The van der Waals surface area contributed by atoms with Crippen LogP contribution >= 0.6 is 0 Å². The Kier molecular flexibility index (Phi) is 4.38. The second-order valence-electron chi connectivity index (χ2n) is 4.73. The van der Waals surface area contributed by atoms with Crippen LogP contribution in [-0.4, -0.2) is 45.8 Å². The first-order valence-corrected chi connectivity index (χ1v) is 6.18. The summed E-state index contributed by atoms with van der Waals surface area (Å²) in [5.74, 6) is -0.366. The van der Waals surface area contributed by atoms with Crippen LogP contribution in [0.4, 0.5) is 13.2 Å². The Morgan fingerprint density at radius 3 is 2.57 bits per heavy atom. The Morgan fingerprint density at radius 1 is 1.29 bits per heavy atom. The standard InChI is InChI=1S/C12H15F3N2O4/c1-5-8(18)9(19)10(11(16)20-5)21-7-4-2-3-6(17-7)12(13,14)15/h2-5,8-11,18-19H,16H2,1H3/t5-,8+,9+,10-,11-/m1/s1. The van der Waals surface area contributed by atoms with Crippen molar-refractivity contribution in [2.24, 2.45) is 5.73 Å². The van der Waals surface area contributed by atoms with Crippen LogP contribution in [0.1, 0.15) is 12.6 Å². The number of aromatic nitrogens is 1. The van der Waals surface area contributed by atoms with Crippen molar-refractivity contribution in [1.29, 1.82) is 0 Å². The van der Waals surface area contributed by atoms with Gasteiger partial charge in [0.05, 0.1) is 6.10 Å². The molecule has 0 saturated carbocycles. The van der Waals surface area contributed by atoms with Gasteiger partial charge in [0, 0.05) is 6.07 Å². The van der Waals surface area contributed by atoms with E-state index >= 15 is 0 Å². The summed E-state index contributed by atoms with van der Waals surface area (Å²) in [6.07, 6.45) is -10.3. The van der Waals surface area contributed by atoms with E-state index in [9.17, 15) is 23.4 Å². The van der Waals surface area contributed by atoms with Crippen LogP contribution < -0.4 is 10.5 Å². The highest BCUT2D eigenvalue weighted by molar-refractivity contribution is 5.18. The van der Waals surface area contributed by atoms with E-state index in [0.29, 0.717) is 0 Å². The molecule has 1 aromatic rings. The molecule has 0 bridgehead atoms. The maximum Gasteiger partial charge on any atom is 0.433 e. The first-order chi connectivity index (χ1) is 9.70. The van der Waals surface area contributed by atoms with Crippen LogP contribution in [0.5, 0.6) is 5.88 Å². The molecular weight excluding hydrogens is 293 g/mol. The summed E-state index contributed by atoms with van der Waals surface area (Å²) in [4.78, 5) is 3.30. The number of ether oxygens (including phenoxy) is 2. The molecule has 1 fully saturated rings. The van der Waals surface area contributed by atoms with Gasteiger partial charge in [0.2, 0.25) is 5.88 Å². The number of nitrogens with two attached hydrogens (primary N) is 1. The van der Waals surface area contributed by atoms with Gasteiger partial charge in [0.15, 0.2) is 6.10 Å². The molecule has 4 N–H and O–H groups in total. The van der Waals surface area contributed by atoms with Gasteiger partial charge in [-0.3, -0.25) is 0 Å². The molecule has 1 aliphatic rings. The number of pyridine rings is 1. The summed E-state index contributed by atoms with van der Waals surface area (Å²) in [5.41, 5.74) is 4.49. The van der Waals surface area contributed by atoms with E-state index in [-0.39, 0.29) is 5.88 Å². The van der Waals surface area contributed by atoms with Crippen LogP contribution in [0, 0.1) is 0 Å². The second-order valence-corrected chi connectivity index (χ2v) is 4.73. The molecule has 0 spiro atoms. The molecule has 2 heterocycles. The summed E-state index contributed by atoms with van der Waals surface area (Å²) in [6.45, 7) is 1.51. The number of alkyl halides is 3. The predicted molar refractivity (Wildman–Crippen MR) is 64.2 cm³/mol. The average molecular weight is 308 g/mol. The number of hydrogen-bond acceptors (Lipinski definition) is 6. The molecule has 21 heavy (non-hydrogen) atoms. The molecular formula is C12H15F3N2O4. The summed E-state index contributed by atoms with van der Waals surface area (Å²) >= 11 is 0. The largest absolute Gasteiger partial charge is 0.467 e. The molecule has 1 aromatic heterocycles. The third kappa shape index (κ3) is 3.43. The summed E-state index contributed by atoms with van der Waals surface area (Å²) in [5, 5.41) is 19.6. The van der Waals surface area contributed by atoms with Gasteiger partial charge >= 0.3 is 6.18 Å². The zero-order valence-electron chi connectivity index (χ0n) is 11.0. The molecule has 1 aliphatic heterocycles. The van der Waals surface area contributed by atoms with Gasteiger partial charge < -0.3 is 25.4 Å². The lowest BCUT2D eigenvalue weighted by Crippen LogP contribution is -2.61. The van der Waals surface area contributed by atoms with Crippen molar-refractivity contribution < 1.29 is 32.9 Å². The van der Waals surface area contributed by atoms with E-state index < -0.39 is 42.5 Å².